The van der Waals surface area contributed by atoms with Crippen LogP contribution in [0.3, 0.4) is 0 Å². The Balaban J connectivity index is 1.34. The van der Waals surface area contributed by atoms with E-state index in [2.05, 4.69) is 21.9 Å². The van der Waals surface area contributed by atoms with Crippen molar-refractivity contribution >= 4 is 0 Å². The van der Waals surface area contributed by atoms with Crippen LogP contribution >= 0.6 is 0 Å². The fraction of sp³-hybridized carbons (Fsp3) is 0.714. The van der Waals surface area contributed by atoms with Crippen LogP contribution in [0.1, 0.15) is 18.4 Å². The molecule has 27 heavy (non-hydrogen) atoms. The fourth-order valence-electron chi connectivity index (χ4n) is 4.43. The van der Waals surface area contributed by atoms with Crippen molar-refractivity contribution < 1.29 is 18.9 Å². The van der Waals surface area contributed by atoms with E-state index >= 15 is 0 Å². The highest BCUT2D eigenvalue weighted by molar-refractivity contribution is 5.27. The Bertz CT molecular complexity index is 590. The minimum atomic E-state index is -0.153. The van der Waals surface area contributed by atoms with Crippen LogP contribution in [0.4, 0.5) is 0 Å². The molecule has 3 aliphatic heterocycles. The number of methoxy groups -OCH3 is 1. The maximum Gasteiger partial charge on any atom is 0.118 e. The summed E-state index contributed by atoms with van der Waals surface area (Å²) in [5.41, 5.74) is 1.15. The van der Waals surface area contributed by atoms with E-state index in [4.69, 9.17) is 18.9 Å². The zero-order valence-corrected chi connectivity index (χ0v) is 16.4. The lowest BCUT2D eigenvalue weighted by Gasteiger charge is -2.33. The highest BCUT2D eigenvalue weighted by Crippen LogP contribution is 2.34. The second-order valence-electron chi connectivity index (χ2n) is 7.99. The molecule has 3 heterocycles. The van der Waals surface area contributed by atoms with E-state index in [1.807, 2.05) is 12.1 Å². The Hall–Kier alpha value is -1.18. The van der Waals surface area contributed by atoms with E-state index in [-0.39, 0.29) is 5.60 Å². The summed E-state index contributed by atoms with van der Waals surface area (Å²) in [5, 5.41) is 0. The van der Waals surface area contributed by atoms with Crippen LogP contribution in [-0.4, -0.2) is 87.8 Å². The topological polar surface area (TPSA) is 43.4 Å². The molecule has 1 spiro atoms. The van der Waals surface area contributed by atoms with Crippen molar-refractivity contribution in [1.29, 1.82) is 0 Å². The van der Waals surface area contributed by atoms with Crippen molar-refractivity contribution in [3.63, 3.8) is 0 Å². The third kappa shape index (κ3) is 5.00. The van der Waals surface area contributed by atoms with Crippen LogP contribution in [0.2, 0.25) is 0 Å². The predicted octanol–water partition coefficient (Wildman–Crippen LogP) is 1.78. The zero-order chi connectivity index (χ0) is 18.5. The van der Waals surface area contributed by atoms with Gasteiger partial charge in [0, 0.05) is 39.3 Å². The molecule has 0 N–H and O–H groups in total. The third-order valence-corrected chi connectivity index (χ3v) is 5.90. The van der Waals surface area contributed by atoms with E-state index < -0.39 is 0 Å². The number of rotatable bonds is 5. The molecule has 3 saturated heterocycles. The summed E-state index contributed by atoms with van der Waals surface area (Å²) in [4.78, 5) is 4.95. The van der Waals surface area contributed by atoms with Crippen molar-refractivity contribution in [3.05, 3.63) is 29.8 Å². The monoisotopic (exact) mass is 376 g/mol. The van der Waals surface area contributed by atoms with E-state index in [1.54, 1.807) is 7.11 Å². The number of hydrogen-bond donors (Lipinski definition) is 0. The maximum atomic E-state index is 6.61. The molecule has 6 heteroatoms. The van der Waals surface area contributed by atoms with Gasteiger partial charge in [0.15, 0.2) is 0 Å². The summed E-state index contributed by atoms with van der Waals surface area (Å²) in [5.74, 6) is 0.902. The first kappa shape index (κ1) is 19.2. The molecule has 0 aromatic heterocycles. The van der Waals surface area contributed by atoms with Gasteiger partial charge in [0.2, 0.25) is 0 Å². The smallest absolute Gasteiger partial charge is 0.118 e. The molecule has 3 aliphatic rings. The summed E-state index contributed by atoms with van der Waals surface area (Å²) < 4.78 is 23.3. The number of nitrogens with zero attached hydrogens (tertiary/aromatic N) is 2. The standard InChI is InChI=1S/C21H32N2O4/c1-24-19-4-2-18(3-5-19)14-23-10-13-26-17-21(16-23)7-6-20(27-21)15-22-8-11-25-12-9-22/h2-5,20H,6-17H2,1H3/t20-,21-/m1/s1. The van der Waals surface area contributed by atoms with Gasteiger partial charge in [0.05, 0.1) is 39.6 Å². The maximum absolute atomic E-state index is 6.61. The number of ether oxygens (including phenoxy) is 4. The Labute approximate surface area is 162 Å². The van der Waals surface area contributed by atoms with Crippen molar-refractivity contribution in [1.82, 2.24) is 9.80 Å². The molecule has 0 aliphatic carbocycles. The van der Waals surface area contributed by atoms with Crippen LogP contribution in [0.25, 0.3) is 0 Å². The van der Waals surface area contributed by atoms with Gasteiger partial charge < -0.3 is 18.9 Å². The molecule has 4 rings (SSSR count). The number of hydrogen-bond acceptors (Lipinski definition) is 6. The summed E-state index contributed by atoms with van der Waals surface area (Å²) in [7, 11) is 1.70. The molecule has 0 unspecified atom stereocenters. The molecule has 0 bridgehead atoms. The molecular weight excluding hydrogens is 344 g/mol. The molecule has 1 aromatic carbocycles. The van der Waals surface area contributed by atoms with Gasteiger partial charge in [-0.3, -0.25) is 9.80 Å². The summed E-state index contributed by atoms with van der Waals surface area (Å²) in [6.45, 7) is 9.05. The average Bonchev–Trinajstić information content (AvgIpc) is 2.97. The summed E-state index contributed by atoms with van der Waals surface area (Å²) >= 11 is 0. The summed E-state index contributed by atoms with van der Waals surface area (Å²) in [6.07, 6.45) is 2.52. The van der Waals surface area contributed by atoms with Gasteiger partial charge in [-0.15, -0.1) is 0 Å². The van der Waals surface area contributed by atoms with Gasteiger partial charge >= 0.3 is 0 Å². The highest BCUT2D eigenvalue weighted by Gasteiger charge is 2.43. The van der Waals surface area contributed by atoms with E-state index in [0.717, 1.165) is 77.7 Å². The Morgan fingerprint density at radius 3 is 2.56 bits per heavy atom. The molecule has 150 valence electrons. The molecule has 3 fully saturated rings. The van der Waals surface area contributed by atoms with Gasteiger partial charge in [-0.25, -0.2) is 0 Å². The van der Waals surface area contributed by atoms with Gasteiger partial charge in [-0.1, -0.05) is 12.1 Å². The molecule has 2 atom stereocenters. The van der Waals surface area contributed by atoms with Gasteiger partial charge in [0.1, 0.15) is 11.4 Å². The zero-order valence-electron chi connectivity index (χ0n) is 16.4. The van der Waals surface area contributed by atoms with Crippen molar-refractivity contribution in [3.8, 4) is 5.75 Å². The highest BCUT2D eigenvalue weighted by atomic mass is 16.6. The van der Waals surface area contributed by atoms with Crippen LogP contribution < -0.4 is 4.74 Å². The third-order valence-electron chi connectivity index (χ3n) is 5.90. The van der Waals surface area contributed by atoms with E-state index in [9.17, 15) is 0 Å². The van der Waals surface area contributed by atoms with Crippen molar-refractivity contribution in [2.75, 3.05) is 66.3 Å². The van der Waals surface area contributed by atoms with Crippen molar-refractivity contribution in [2.45, 2.75) is 31.1 Å². The van der Waals surface area contributed by atoms with Crippen LogP contribution in [0.5, 0.6) is 5.75 Å². The SMILES string of the molecule is COc1ccc(CN2CCOC[C@@]3(CC[C@H](CN4CCOCC4)O3)C2)cc1. The van der Waals surface area contributed by atoms with E-state index in [1.165, 1.54) is 5.56 Å². The predicted molar refractivity (Wildman–Crippen MR) is 103 cm³/mol. The van der Waals surface area contributed by atoms with E-state index in [0.29, 0.717) is 12.7 Å². The largest absolute Gasteiger partial charge is 0.497 e. The quantitative estimate of drug-likeness (QED) is 0.781. The van der Waals surface area contributed by atoms with Crippen LogP contribution in [0, 0.1) is 0 Å². The first-order valence-corrected chi connectivity index (χ1v) is 10.2. The van der Waals surface area contributed by atoms with Crippen LogP contribution in [0.15, 0.2) is 24.3 Å². The summed E-state index contributed by atoms with van der Waals surface area (Å²) in [6, 6.07) is 8.36. The lowest BCUT2D eigenvalue weighted by molar-refractivity contribution is -0.0967. The lowest BCUT2D eigenvalue weighted by atomic mass is 9.99. The average molecular weight is 376 g/mol. The number of benzene rings is 1. The normalized spacial score (nSPS) is 30.5. The molecule has 6 nitrogen and oxygen atoms in total. The minimum Gasteiger partial charge on any atom is -0.497 e. The first-order valence-electron chi connectivity index (χ1n) is 10.2. The second kappa shape index (κ2) is 8.88. The molecule has 0 saturated carbocycles. The van der Waals surface area contributed by atoms with Crippen molar-refractivity contribution in [2.24, 2.45) is 0 Å². The second-order valence-corrected chi connectivity index (χ2v) is 7.99. The fourth-order valence-corrected chi connectivity index (χ4v) is 4.43. The Morgan fingerprint density at radius 1 is 1.04 bits per heavy atom. The Morgan fingerprint density at radius 2 is 1.78 bits per heavy atom. The molecule has 0 radical (unpaired) electrons. The van der Waals surface area contributed by atoms with Gasteiger partial charge in [-0.2, -0.15) is 0 Å². The molecule has 0 amide bonds. The Kier molecular flexibility index (Phi) is 6.30. The first-order chi connectivity index (χ1) is 13.2. The minimum absolute atomic E-state index is 0.153. The molecular formula is C21H32N2O4. The van der Waals surface area contributed by atoms with Gasteiger partial charge in [0.25, 0.3) is 0 Å². The van der Waals surface area contributed by atoms with Gasteiger partial charge in [-0.05, 0) is 30.5 Å². The van der Waals surface area contributed by atoms with Crippen LogP contribution in [-0.2, 0) is 20.8 Å². The number of morpholine rings is 1. The lowest BCUT2D eigenvalue weighted by Crippen LogP contribution is -2.46. The molecule has 1 aromatic rings.